The van der Waals surface area contributed by atoms with Gasteiger partial charge in [-0.1, -0.05) is 0 Å². The second-order valence-electron chi connectivity index (χ2n) is 7.75. The van der Waals surface area contributed by atoms with Crippen LogP contribution in [-0.2, 0) is 19.6 Å². The van der Waals surface area contributed by atoms with Gasteiger partial charge in [0.25, 0.3) is 5.91 Å². The molecule has 8 nitrogen and oxygen atoms in total. The van der Waals surface area contributed by atoms with Crippen LogP contribution in [0, 0.1) is 5.92 Å². The standard InChI is InChI=1S/C19H27N3O5S2/c23-18(20-9-11-27-12-10-20)15-4-3-6-21(14-15)19(24)17-16(5-13-28-17)29(25,26)22-7-1-2-8-22/h5,13,15H,1-4,6-12,14H2. The number of amides is 2. The molecule has 0 radical (unpaired) electrons. The van der Waals surface area contributed by atoms with Gasteiger partial charge in [0, 0.05) is 39.3 Å². The zero-order chi connectivity index (χ0) is 20.4. The molecule has 1 atom stereocenters. The van der Waals surface area contributed by atoms with Crippen molar-refractivity contribution < 1.29 is 22.7 Å². The van der Waals surface area contributed by atoms with Crippen LogP contribution in [-0.4, -0.2) is 86.8 Å². The maximum absolute atomic E-state index is 13.2. The van der Waals surface area contributed by atoms with Crippen molar-refractivity contribution in [3.63, 3.8) is 0 Å². The van der Waals surface area contributed by atoms with Gasteiger partial charge in [-0.15, -0.1) is 11.3 Å². The van der Waals surface area contributed by atoms with Crippen molar-refractivity contribution in [3.8, 4) is 0 Å². The molecule has 1 aromatic heterocycles. The maximum Gasteiger partial charge on any atom is 0.265 e. The molecule has 4 heterocycles. The Bertz CT molecular complexity index is 857. The quantitative estimate of drug-likeness (QED) is 0.702. The van der Waals surface area contributed by atoms with Crippen molar-refractivity contribution in [2.24, 2.45) is 5.92 Å². The van der Waals surface area contributed by atoms with E-state index in [1.54, 1.807) is 10.3 Å². The van der Waals surface area contributed by atoms with Crippen LogP contribution in [0.15, 0.2) is 16.3 Å². The van der Waals surface area contributed by atoms with E-state index >= 15 is 0 Å². The molecule has 10 heteroatoms. The zero-order valence-electron chi connectivity index (χ0n) is 16.4. The highest BCUT2D eigenvalue weighted by Crippen LogP contribution is 2.30. The molecule has 2 amide bonds. The molecular weight excluding hydrogens is 414 g/mol. The van der Waals surface area contributed by atoms with Gasteiger partial charge < -0.3 is 14.5 Å². The van der Waals surface area contributed by atoms with E-state index in [9.17, 15) is 18.0 Å². The zero-order valence-corrected chi connectivity index (χ0v) is 18.0. The second kappa shape index (κ2) is 8.71. The van der Waals surface area contributed by atoms with E-state index in [0.29, 0.717) is 52.5 Å². The summed E-state index contributed by atoms with van der Waals surface area (Å²) in [6.07, 6.45) is 3.20. The van der Waals surface area contributed by atoms with Crippen molar-refractivity contribution in [1.29, 1.82) is 0 Å². The Hall–Kier alpha value is -1.49. The highest BCUT2D eigenvalue weighted by atomic mass is 32.2. The molecule has 29 heavy (non-hydrogen) atoms. The Morgan fingerprint density at radius 1 is 1.00 bits per heavy atom. The Balaban J connectivity index is 1.48. The Kier molecular flexibility index (Phi) is 6.24. The first-order chi connectivity index (χ1) is 14.0. The molecule has 1 aromatic rings. The number of rotatable bonds is 4. The number of piperidine rings is 1. The summed E-state index contributed by atoms with van der Waals surface area (Å²) in [5.74, 6) is -0.441. The summed E-state index contributed by atoms with van der Waals surface area (Å²) in [4.78, 5) is 29.9. The van der Waals surface area contributed by atoms with E-state index in [4.69, 9.17) is 4.74 Å². The topological polar surface area (TPSA) is 87.2 Å². The predicted molar refractivity (Wildman–Crippen MR) is 108 cm³/mol. The lowest BCUT2D eigenvalue weighted by atomic mass is 9.96. The summed E-state index contributed by atoms with van der Waals surface area (Å²) >= 11 is 1.17. The van der Waals surface area contributed by atoms with Crippen LogP contribution >= 0.6 is 11.3 Å². The number of ether oxygens (including phenoxy) is 1. The monoisotopic (exact) mass is 441 g/mol. The predicted octanol–water partition coefficient (Wildman–Crippen LogP) is 1.24. The Morgan fingerprint density at radius 2 is 1.72 bits per heavy atom. The van der Waals surface area contributed by atoms with Crippen LogP contribution in [0.3, 0.4) is 0 Å². The largest absolute Gasteiger partial charge is 0.378 e. The summed E-state index contributed by atoms with van der Waals surface area (Å²) in [5, 5.41) is 1.66. The number of carbonyl (C=O) groups is 2. The minimum Gasteiger partial charge on any atom is -0.378 e. The third kappa shape index (κ3) is 4.21. The van der Waals surface area contributed by atoms with Crippen LogP contribution in [0.5, 0.6) is 0 Å². The van der Waals surface area contributed by atoms with E-state index in [0.717, 1.165) is 25.7 Å². The number of likely N-dealkylation sites (tertiary alicyclic amines) is 1. The first-order valence-electron chi connectivity index (χ1n) is 10.2. The van der Waals surface area contributed by atoms with Crippen molar-refractivity contribution in [2.45, 2.75) is 30.6 Å². The lowest BCUT2D eigenvalue weighted by Gasteiger charge is -2.36. The molecule has 3 aliphatic rings. The molecule has 160 valence electrons. The average molecular weight is 442 g/mol. The summed E-state index contributed by atoms with van der Waals surface area (Å²) in [7, 11) is -3.65. The normalized spacial score (nSPS) is 24.1. The van der Waals surface area contributed by atoms with Gasteiger partial charge in [0.15, 0.2) is 0 Å². The van der Waals surface area contributed by atoms with Gasteiger partial charge in [-0.2, -0.15) is 4.31 Å². The molecule has 3 saturated heterocycles. The van der Waals surface area contributed by atoms with E-state index in [1.165, 1.54) is 21.7 Å². The van der Waals surface area contributed by atoms with Crippen LogP contribution in [0.2, 0.25) is 0 Å². The van der Waals surface area contributed by atoms with Gasteiger partial charge in [-0.05, 0) is 37.1 Å². The highest BCUT2D eigenvalue weighted by Gasteiger charge is 2.36. The van der Waals surface area contributed by atoms with Crippen LogP contribution in [0.4, 0.5) is 0 Å². The number of nitrogens with zero attached hydrogens (tertiary/aromatic N) is 3. The summed E-state index contributed by atoms with van der Waals surface area (Å²) in [6, 6.07) is 1.53. The van der Waals surface area contributed by atoms with Gasteiger partial charge in [0.2, 0.25) is 15.9 Å². The minimum absolute atomic E-state index is 0.0712. The second-order valence-corrected chi connectivity index (χ2v) is 10.6. The highest BCUT2D eigenvalue weighted by molar-refractivity contribution is 7.89. The lowest BCUT2D eigenvalue weighted by molar-refractivity contribution is -0.141. The van der Waals surface area contributed by atoms with E-state index in [-0.39, 0.29) is 27.5 Å². The van der Waals surface area contributed by atoms with Crippen LogP contribution in [0.1, 0.15) is 35.4 Å². The maximum atomic E-state index is 13.2. The SMILES string of the molecule is O=C(c1sccc1S(=O)(=O)N1CCCC1)N1CCCC(C(=O)N2CCOCC2)C1. The smallest absolute Gasteiger partial charge is 0.265 e. The first kappa shape index (κ1) is 20.8. The summed E-state index contributed by atoms with van der Waals surface area (Å²) in [5.41, 5.74) is 0. The minimum atomic E-state index is -3.65. The van der Waals surface area contributed by atoms with Crippen molar-refractivity contribution in [2.75, 3.05) is 52.5 Å². The fraction of sp³-hybridized carbons (Fsp3) is 0.684. The molecule has 0 spiro atoms. The van der Waals surface area contributed by atoms with Crippen molar-refractivity contribution >= 4 is 33.2 Å². The molecule has 0 saturated carbocycles. The summed E-state index contributed by atoms with van der Waals surface area (Å²) in [6.45, 7) is 4.18. The van der Waals surface area contributed by atoms with Gasteiger partial charge in [0.05, 0.1) is 19.1 Å². The molecular formula is C19H27N3O5S2. The number of thiophene rings is 1. The van der Waals surface area contributed by atoms with E-state index < -0.39 is 10.0 Å². The number of sulfonamides is 1. The molecule has 1 unspecified atom stereocenters. The number of hydrogen-bond donors (Lipinski definition) is 0. The number of hydrogen-bond acceptors (Lipinski definition) is 6. The molecule has 3 aliphatic heterocycles. The number of carbonyl (C=O) groups excluding carboxylic acids is 2. The van der Waals surface area contributed by atoms with E-state index in [1.807, 2.05) is 4.90 Å². The molecule has 0 aliphatic carbocycles. The number of morpholine rings is 1. The van der Waals surface area contributed by atoms with Crippen molar-refractivity contribution in [1.82, 2.24) is 14.1 Å². The Morgan fingerprint density at radius 3 is 2.45 bits per heavy atom. The molecule has 0 N–H and O–H groups in total. The van der Waals surface area contributed by atoms with Gasteiger partial charge in [-0.25, -0.2) is 8.42 Å². The fourth-order valence-electron chi connectivity index (χ4n) is 4.27. The average Bonchev–Trinajstić information content (AvgIpc) is 3.46. The van der Waals surface area contributed by atoms with Crippen LogP contribution < -0.4 is 0 Å². The fourth-order valence-corrected chi connectivity index (χ4v) is 7.15. The Labute approximate surface area is 175 Å². The van der Waals surface area contributed by atoms with Gasteiger partial charge in [-0.3, -0.25) is 9.59 Å². The lowest BCUT2D eigenvalue weighted by Crippen LogP contribution is -2.49. The van der Waals surface area contributed by atoms with Crippen molar-refractivity contribution in [3.05, 3.63) is 16.3 Å². The molecule has 3 fully saturated rings. The van der Waals surface area contributed by atoms with Crippen LogP contribution in [0.25, 0.3) is 0 Å². The van der Waals surface area contributed by atoms with E-state index in [2.05, 4.69) is 0 Å². The molecule has 0 aromatic carbocycles. The van der Waals surface area contributed by atoms with Gasteiger partial charge in [0.1, 0.15) is 9.77 Å². The third-order valence-corrected chi connectivity index (χ3v) is 8.86. The van der Waals surface area contributed by atoms with Gasteiger partial charge >= 0.3 is 0 Å². The molecule has 0 bridgehead atoms. The first-order valence-corrected chi connectivity index (χ1v) is 12.5. The summed E-state index contributed by atoms with van der Waals surface area (Å²) < 4.78 is 32.7. The molecule has 4 rings (SSSR count). The third-order valence-electron chi connectivity index (χ3n) is 5.89.